The quantitative estimate of drug-likeness (QED) is 0.314. The highest BCUT2D eigenvalue weighted by atomic mass is 15.1. The van der Waals surface area contributed by atoms with Crippen molar-refractivity contribution in [3.8, 4) is 0 Å². The lowest BCUT2D eigenvalue weighted by molar-refractivity contribution is 0.739. The molecule has 208 valence electrons. The van der Waals surface area contributed by atoms with Crippen molar-refractivity contribution in [2.45, 2.75) is 77.2 Å². The van der Waals surface area contributed by atoms with E-state index in [0.717, 1.165) is 49.4 Å². The molecule has 0 spiro atoms. The summed E-state index contributed by atoms with van der Waals surface area (Å²) in [6.07, 6.45) is 4.72. The Hall–Kier alpha value is -3.03. The van der Waals surface area contributed by atoms with E-state index >= 15 is 0 Å². The van der Waals surface area contributed by atoms with Crippen LogP contribution in [0.25, 0.3) is 0 Å². The van der Waals surface area contributed by atoms with Gasteiger partial charge in [-0.3, -0.25) is 9.98 Å². The zero-order valence-electron chi connectivity index (χ0n) is 21.7. The Bertz CT molecular complexity index is 639. The minimum atomic E-state index is 0. The Morgan fingerprint density at radius 2 is 1.29 bits per heavy atom. The highest BCUT2D eigenvalue weighted by molar-refractivity contribution is 5.80. The molecule has 0 bridgehead atoms. The van der Waals surface area contributed by atoms with Crippen LogP contribution in [-0.2, 0) is 0 Å². The third-order valence-corrected chi connectivity index (χ3v) is 2.97. The SMILES string of the molecule is C.C.C.C=C(C)C.C=C(C)N.C=C(C)NC.CC1=NCCCN1.CC1=NCCN1.Cc1ncc[nH]1. The van der Waals surface area contributed by atoms with Crippen LogP contribution in [-0.4, -0.2) is 54.9 Å². The lowest BCUT2D eigenvalue weighted by Gasteiger charge is -2.08. The van der Waals surface area contributed by atoms with Crippen LogP contribution in [0.4, 0.5) is 0 Å². The Morgan fingerprint density at radius 3 is 1.40 bits per heavy atom. The summed E-state index contributed by atoms with van der Waals surface area (Å²) in [4.78, 5) is 14.9. The number of allylic oxidation sites excluding steroid dienone is 3. The molecule has 0 radical (unpaired) electrons. The molecule has 8 heteroatoms. The van der Waals surface area contributed by atoms with E-state index in [4.69, 9.17) is 5.73 Å². The van der Waals surface area contributed by atoms with E-state index in [1.54, 1.807) is 19.3 Å². The van der Waals surface area contributed by atoms with Crippen LogP contribution in [0, 0.1) is 6.92 Å². The number of aromatic nitrogens is 2. The number of amidine groups is 2. The maximum absolute atomic E-state index is 4.92. The molecule has 0 aromatic carbocycles. The van der Waals surface area contributed by atoms with Crippen LogP contribution < -0.4 is 21.7 Å². The first-order chi connectivity index (χ1) is 14.9. The summed E-state index contributed by atoms with van der Waals surface area (Å²) < 4.78 is 0. The van der Waals surface area contributed by atoms with Gasteiger partial charge in [0, 0.05) is 39.1 Å². The molecular formula is C27H60N8. The van der Waals surface area contributed by atoms with Gasteiger partial charge in [0.2, 0.25) is 0 Å². The molecule has 0 saturated heterocycles. The number of aliphatic imine (C=N–C) groups is 2. The van der Waals surface area contributed by atoms with Crippen LogP contribution in [0.3, 0.4) is 0 Å². The minimum Gasteiger partial charge on any atom is -0.403 e. The van der Waals surface area contributed by atoms with Crippen molar-refractivity contribution in [1.29, 1.82) is 0 Å². The maximum Gasteiger partial charge on any atom is 0.102 e. The van der Waals surface area contributed by atoms with Gasteiger partial charge in [-0.1, -0.05) is 41.0 Å². The standard InChI is InChI=1S/C5H10N2.C4H8N2.C4H6N2.C4H9N.C4H8.C3H7N.3CH4/c1-5-6-3-2-4-7-5;2*1-4-5-2-3-6-4;1-4(2)5-3;1-4(2)3;1-3(2)4;;;/h2-4H2,1H3,(H,6,7);2-3H2,1H3,(H,5,6);2-3H,1H3,(H,5,6);5H,1H2,2-3H3;1H2,2-3H3;1,4H2,2H3;3*1H4. The summed E-state index contributed by atoms with van der Waals surface area (Å²) in [6, 6.07) is 0. The van der Waals surface area contributed by atoms with Gasteiger partial charge < -0.3 is 26.7 Å². The molecule has 35 heavy (non-hydrogen) atoms. The maximum atomic E-state index is 4.92. The second kappa shape index (κ2) is 33.1. The number of aromatic amines is 1. The molecule has 0 saturated carbocycles. The molecule has 1 aromatic heterocycles. The third-order valence-electron chi connectivity index (χ3n) is 2.97. The molecule has 6 N–H and O–H groups in total. The smallest absolute Gasteiger partial charge is 0.102 e. The van der Waals surface area contributed by atoms with Crippen molar-refractivity contribution in [3.63, 3.8) is 0 Å². The molecule has 8 nitrogen and oxygen atoms in total. The number of nitrogens with one attached hydrogen (secondary N) is 4. The highest BCUT2D eigenvalue weighted by Crippen LogP contribution is 1.86. The van der Waals surface area contributed by atoms with E-state index in [0.29, 0.717) is 5.70 Å². The molecular weight excluding hydrogens is 436 g/mol. The fraction of sp³-hybridized carbons (Fsp3) is 0.593. The third kappa shape index (κ3) is 59.1. The van der Waals surface area contributed by atoms with E-state index in [1.165, 1.54) is 12.0 Å². The Balaban J connectivity index is -0.0000000718. The van der Waals surface area contributed by atoms with Crippen molar-refractivity contribution in [2.24, 2.45) is 15.7 Å². The second-order valence-corrected chi connectivity index (χ2v) is 7.40. The number of H-pyrrole nitrogens is 1. The minimum absolute atomic E-state index is 0. The van der Waals surface area contributed by atoms with Gasteiger partial charge in [-0.2, -0.15) is 0 Å². The number of aryl methyl sites for hydroxylation is 1. The van der Waals surface area contributed by atoms with E-state index in [2.05, 4.69) is 55.6 Å². The summed E-state index contributed by atoms with van der Waals surface area (Å²) in [5.41, 5.74) is 7.75. The highest BCUT2D eigenvalue weighted by Gasteiger charge is 1.94. The summed E-state index contributed by atoms with van der Waals surface area (Å²) in [5.74, 6) is 3.14. The molecule has 3 heterocycles. The predicted molar refractivity (Wildman–Crippen MR) is 163 cm³/mol. The molecule has 2 aliphatic rings. The van der Waals surface area contributed by atoms with Crippen LogP contribution >= 0.6 is 0 Å². The van der Waals surface area contributed by atoms with Crippen LogP contribution in [0.15, 0.2) is 59.1 Å². The lowest BCUT2D eigenvalue weighted by atomic mass is 10.4. The van der Waals surface area contributed by atoms with Gasteiger partial charge in [-0.15, -0.1) is 6.58 Å². The molecule has 2 aliphatic heterocycles. The van der Waals surface area contributed by atoms with Crippen molar-refractivity contribution in [1.82, 2.24) is 25.9 Å². The van der Waals surface area contributed by atoms with Gasteiger partial charge >= 0.3 is 0 Å². The first-order valence-electron chi connectivity index (χ1n) is 10.7. The van der Waals surface area contributed by atoms with Crippen molar-refractivity contribution < 1.29 is 0 Å². The fourth-order valence-electron chi connectivity index (χ4n) is 1.51. The number of nitrogens with zero attached hydrogens (tertiary/aromatic N) is 3. The molecule has 0 atom stereocenters. The first kappa shape index (κ1) is 45.5. The van der Waals surface area contributed by atoms with Gasteiger partial charge in [-0.25, -0.2) is 4.98 Å². The molecule has 3 rings (SSSR count). The van der Waals surface area contributed by atoms with E-state index < -0.39 is 0 Å². The molecule has 0 fully saturated rings. The largest absolute Gasteiger partial charge is 0.403 e. The molecule has 0 unspecified atom stereocenters. The Kier molecular flexibility index (Phi) is 43.1. The van der Waals surface area contributed by atoms with Gasteiger partial charge in [0.15, 0.2) is 0 Å². The summed E-state index contributed by atoms with van der Waals surface area (Å²) >= 11 is 0. The zero-order chi connectivity index (χ0) is 25.4. The van der Waals surface area contributed by atoms with Gasteiger partial charge in [0.1, 0.15) is 5.82 Å². The van der Waals surface area contributed by atoms with Gasteiger partial charge in [-0.05, 0) is 66.3 Å². The van der Waals surface area contributed by atoms with Gasteiger partial charge in [0.25, 0.3) is 0 Å². The summed E-state index contributed by atoms with van der Waals surface area (Å²) in [6.45, 7) is 28.1. The Morgan fingerprint density at radius 1 is 0.886 bits per heavy atom. The average molecular weight is 497 g/mol. The molecule has 1 aromatic rings. The number of rotatable bonds is 1. The van der Waals surface area contributed by atoms with Crippen molar-refractivity contribution in [2.75, 3.05) is 33.2 Å². The predicted octanol–water partition coefficient (Wildman–Crippen LogP) is 5.83. The fourth-order valence-corrected chi connectivity index (χ4v) is 1.51. The Labute approximate surface area is 218 Å². The number of imidazole rings is 1. The lowest BCUT2D eigenvalue weighted by Crippen LogP contribution is -2.26. The van der Waals surface area contributed by atoms with Crippen LogP contribution in [0.5, 0.6) is 0 Å². The monoisotopic (exact) mass is 496 g/mol. The zero-order valence-corrected chi connectivity index (χ0v) is 21.7. The molecule has 0 aliphatic carbocycles. The number of hydrogen-bond acceptors (Lipinski definition) is 7. The normalized spacial score (nSPS) is 11.4. The first-order valence-corrected chi connectivity index (χ1v) is 10.7. The second-order valence-electron chi connectivity index (χ2n) is 7.40. The summed E-state index contributed by atoms with van der Waals surface area (Å²) in [5, 5.41) is 9.03. The number of nitrogens with two attached hydrogens (primary N) is 1. The molecule has 0 amide bonds. The van der Waals surface area contributed by atoms with Gasteiger partial charge in [0.05, 0.1) is 18.2 Å². The van der Waals surface area contributed by atoms with Crippen molar-refractivity contribution >= 4 is 11.7 Å². The van der Waals surface area contributed by atoms with E-state index in [-0.39, 0.29) is 22.3 Å². The van der Waals surface area contributed by atoms with Crippen molar-refractivity contribution in [3.05, 3.63) is 54.9 Å². The summed E-state index contributed by atoms with van der Waals surface area (Å²) in [7, 11) is 1.85. The average Bonchev–Trinajstić information content (AvgIpc) is 3.36. The van der Waals surface area contributed by atoms with E-state index in [1.807, 2.05) is 48.6 Å². The van der Waals surface area contributed by atoms with Crippen LogP contribution in [0.2, 0.25) is 0 Å². The van der Waals surface area contributed by atoms with Crippen LogP contribution in [0.1, 0.15) is 76.1 Å². The topological polar surface area (TPSA) is 116 Å². The number of hydrogen-bond donors (Lipinski definition) is 5. The van der Waals surface area contributed by atoms with E-state index in [9.17, 15) is 0 Å².